The van der Waals surface area contributed by atoms with Crippen LogP contribution in [-0.4, -0.2) is 12.3 Å². The van der Waals surface area contributed by atoms with Gasteiger partial charge in [0.05, 0.1) is 0 Å². The summed E-state index contributed by atoms with van der Waals surface area (Å²) < 4.78 is 25.9. The number of hydrogen-bond donors (Lipinski definition) is 0. The van der Waals surface area contributed by atoms with E-state index in [0.29, 0.717) is 12.8 Å². The van der Waals surface area contributed by atoms with Gasteiger partial charge in [0.2, 0.25) is 0 Å². The summed E-state index contributed by atoms with van der Waals surface area (Å²) in [6.07, 6.45) is 2.65. The second-order valence-corrected chi connectivity index (χ2v) is 10.4. The maximum atomic E-state index is 12.9. The van der Waals surface area contributed by atoms with Crippen LogP contribution < -0.4 is 0 Å². The third-order valence-electron chi connectivity index (χ3n) is 1.64. The summed E-state index contributed by atoms with van der Waals surface area (Å²) in [5.74, 6) is -4.23. The Balaban J connectivity index is 2.58. The molecule has 0 aliphatic carbocycles. The molecule has 9 heavy (non-hydrogen) atoms. The molecule has 0 aromatic heterocycles. The summed E-state index contributed by atoms with van der Waals surface area (Å²) in [5.41, 5.74) is 0. The molecule has 0 spiro atoms. The zero-order valence-corrected chi connectivity index (χ0v) is 7.60. The van der Waals surface area contributed by atoms with Crippen LogP contribution in [-0.2, 0) is 0 Å². The van der Waals surface area contributed by atoms with Gasteiger partial charge in [-0.1, -0.05) is 0 Å². The van der Waals surface area contributed by atoms with Crippen LogP contribution in [0.1, 0.15) is 19.3 Å². The normalized spacial score (nSPS) is 36.6. The van der Waals surface area contributed by atoms with E-state index in [-0.39, 0.29) is 12.3 Å². The Morgan fingerprint density at radius 1 is 1.00 bits per heavy atom. The molecule has 0 aromatic rings. The van der Waals surface area contributed by atoms with Crippen molar-refractivity contribution >= 4 is 21.4 Å². The number of rotatable bonds is 0. The fourth-order valence-electron chi connectivity index (χ4n) is 1.09. The SMILES string of the molecule is FP1(F)(Br)CCCCC1. The van der Waals surface area contributed by atoms with Crippen molar-refractivity contribution in [3.05, 3.63) is 0 Å². The van der Waals surface area contributed by atoms with Gasteiger partial charge >= 0.3 is 61.4 Å². The van der Waals surface area contributed by atoms with Crippen LogP contribution in [0.25, 0.3) is 0 Å². The molecule has 0 atom stereocenters. The monoisotopic (exact) mass is 218 g/mol. The average molecular weight is 219 g/mol. The molecule has 0 aromatic carbocycles. The predicted molar refractivity (Wildman–Crippen MR) is 41.6 cm³/mol. The molecule has 1 aliphatic rings. The second kappa shape index (κ2) is 2.13. The van der Waals surface area contributed by atoms with Gasteiger partial charge in [-0.3, -0.25) is 0 Å². The summed E-state index contributed by atoms with van der Waals surface area (Å²) >= 11 is 2.59. The maximum absolute atomic E-state index is 12.9. The van der Waals surface area contributed by atoms with Gasteiger partial charge in [-0.15, -0.1) is 0 Å². The Labute approximate surface area is 61.9 Å². The van der Waals surface area contributed by atoms with Crippen molar-refractivity contribution in [2.75, 3.05) is 12.3 Å². The van der Waals surface area contributed by atoms with Gasteiger partial charge in [-0.05, 0) is 0 Å². The Hall–Kier alpha value is 0.770. The van der Waals surface area contributed by atoms with Crippen LogP contribution in [0.5, 0.6) is 0 Å². The molecule has 0 N–H and O–H groups in total. The molecule has 1 heterocycles. The van der Waals surface area contributed by atoms with E-state index in [9.17, 15) is 8.39 Å². The van der Waals surface area contributed by atoms with Crippen molar-refractivity contribution in [2.45, 2.75) is 19.3 Å². The van der Waals surface area contributed by atoms with Crippen LogP contribution in [0.3, 0.4) is 0 Å². The van der Waals surface area contributed by atoms with Gasteiger partial charge < -0.3 is 0 Å². The third-order valence-corrected chi connectivity index (χ3v) is 6.05. The minimum atomic E-state index is -4.23. The van der Waals surface area contributed by atoms with E-state index >= 15 is 0 Å². The van der Waals surface area contributed by atoms with Crippen LogP contribution >= 0.6 is 21.4 Å². The zero-order chi connectivity index (χ0) is 6.98. The van der Waals surface area contributed by atoms with E-state index in [0.717, 1.165) is 6.42 Å². The van der Waals surface area contributed by atoms with E-state index in [1.807, 2.05) is 0 Å². The second-order valence-electron chi connectivity index (χ2n) is 2.64. The van der Waals surface area contributed by atoms with Crippen LogP contribution in [0.4, 0.5) is 8.39 Å². The molecule has 1 aliphatic heterocycles. The van der Waals surface area contributed by atoms with Crippen LogP contribution in [0.2, 0.25) is 0 Å². The Morgan fingerprint density at radius 2 is 1.44 bits per heavy atom. The summed E-state index contributed by atoms with van der Waals surface area (Å²) in [5, 5.41) is 0. The van der Waals surface area contributed by atoms with E-state index < -0.39 is 5.93 Å². The fourth-order valence-corrected chi connectivity index (χ4v) is 4.43. The first-order valence-electron chi connectivity index (χ1n) is 3.14. The fraction of sp³-hybridized carbons (Fsp3) is 1.00. The Bertz CT molecular complexity index is 108. The molecule has 1 rings (SSSR count). The molecule has 4 heteroatoms. The summed E-state index contributed by atoms with van der Waals surface area (Å²) in [4.78, 5) is 0. The van der Waals surface area contributed by atoms with Crippen molar-refractivity contribution in [3.63, 3.8) is 0 Å². The molecule has 0 nitrogen and oxygen atoms in total. The molecule has 0 saturated carbocycles. The Kier molecular flexibility index (Phi) is 1.86. The quantitative estimate of drug-likeness (QED) is 0.543. The van der Waals surface area contributed by atoms with E-state index in [4.69, 9.17) is 0 Å². The Morgan fingerprint density at radius 3 is 1.67 bits per heavy atom. The summed E-state index contributed by atoms with van der Waals surface area (Å²) in [7, 11) is 0. The summed E-state index contributed by atoms with van der Waals surface area (Å²) in [6, 6.07) is 0. The minimum absolute atomic E-state index is 0.131. The standard InChI is InChI=1S/C5H10BrF2P/c6-9(7,8)4-2-1-3-5-9/h1-5H2. The van der Waals surface area contributed by atoms with Crippen molar-refractivity contribution in [1.82, 2.24) is 0 Å². The van der Waals surface area contributed by atoms with E-state index in [1.165, 1.54) is 0 Å². The number of hydrogen-bond acceptors (Lipinski definition) is 0. The first-order chi connectivity index (χ1) is 3.97. The van der Waals surface area contributed by atoms with Gasteiger partial charge in [0, 0.05) is 0 Å². The molecule has 0 bridgehead atoms. The van der Waals surface area contributed by atoms with Crippen molar-refractivity contribution in [3.8, 4) is 0 Å². The van der Waals surface area contributed by atoms with Gasteiger partial charge in [0.1, 0.15) is 0 Å². The average Bonchev–Trinajstić information content (AvgIpc) is 1.62. The van der Waals surface area contributed by atoms with Crippen LogP contribution in [0.15, 0.2) is 0 Å². The molecule has 0 amide bonds. The summed E-state index contributed by atoms with van der Waals surface area (Å²) in [6.45, 7) is 0. The van der Waals surface area contributed by atoms with Gasteiger partial charge in [0.15, 0.2) is 0 Å². The van der Waals surface area contributed by atoms with E-state index in [2.05, 4.69) is 15.5 Å². The zero-order valence-electron chi connectivity index (χ0n) is 5.12. The third kappa shape index (κ3) is 2.46. The molecular formula is C5H10BrF2P. The molecule has 56 valence electrons. The van der Waals surface area contributed by atoms with Crippen molar-refractivity contribution in [1.29, 1.82) is 0 Å². The van der Waals surface area contributed by atoms with Gasteiger partial charge in [-0.2, -0.15) is 0 Å². The predicted octanol–water partition coefficient (Wildman–Crippen LogP) is 3.80. The van der Waals surface area contributed by atoms with Crippen molar-refractivity contribution in [2.24, 2.45) is 0 Å². The molecule has 0 unspecified atom stereocenters. The van der Waals surface area contributed by atoms with Crippen molar-refractivity contribution < 1.29 is 8.39 Å². The molecule has 0 radical (unpaired) electrons. The number of halogens is 3. The molecular weight excluding hydrogens is 209 g/mol. The van der Waals surface area contributed by atoms with Gasteiger partial charge in [-0.25, -0.2) is 0 Å². The first kappa shape index (κ1) is 7.87. The molecule has 1 fully saturated rings. The first-order valence-corrected chi connectivity index (χ1v) is 7.55. The van der Waals surface area contributed by atoms with E-state index in [1.54, 1.807) is 0 Å². The topological polar surface area (TPSA) is 0 Å². The van der Waals surface area contributed by atoms with Crippen LogP contribution in [0, 0.1) is 0 Å². The molecule has 1 saturated heterocycles. The van der Waals surface area contributed by atoms with Gasteiger partial charge in [0.25, 0.3) is 0 Å².